The van der Waals surface area contributed by atoms with Gasteiger partial charge in [0.05, 0.1) is 24.8 Å². The lowest BCUT2D eigenvalue weighted by Gasteiger charge is -2.08. The summed E-state index contributed by atoms with van der Waals surface area (Å²) in [4.78, 5) is 22.4. The SMILES string of the molecule is COc1ccc(C=CC(=O)Nc2cc([N+](=O)[O-])ccc2C)cc1OC. The second-order valence-electron chi connectivity index (χ2n) is 5.19. The van der Waals surface area contributed by atoms with Crippen LogP contribution in [-0.4, -0.2) is 25.1 Å². The Morgan fingerprint density at radius 1 is 1.12 bits per heavy atom. The zero-order chi connectivity index (χ0) is 18.4. The number of nitro groups is 1. The summed E-state index contributed by atoms with van der Waals surface area (Å²) in [6, 6.07) is 9.57. The normalized spacial score (nSPS) is 10.5. The van der Waals surface area contributed by atoms with Crippen molar-refractivity contribution in [3.8, 4) is 11.5 Å². The van der Waals surface area contributed by atoms with Gasteiger partial charge < -0.3 is 14.8 Å². The molecule has 2 aromatic carbocycles. The van der Waals surface area contributed by atoms with Gasteiger partial charge >= 0.3 is 0 Å². The number of ether oxygens (including phenoxy) is 2. The molecule has 0 spiro atoms. The van der Waals surface area contributed by atoms with Gasteiger partial charge in [0.1, 0.15) is 0 Å². The number of benzene rings is 2. The van der Waals surface area contributed by atoms with Crippen LogP contribution in [0.1, 0.15) is 11.1 Å². The van der Waals surface area contributed by atoms with E-state index in [1.54, 1.807) is 44.4 Å². The highest BCUT2D eigenvalue weighted by molar-refractivity contribution is 6.02. The second-order valence-corrected chi connectivity index (χ2v) is 5.19. The molecule has 0 fully saturated rings. The Balaban J connectivity index is 2.14. The van der Waals surface area contributed by atoms with Crippen LogP contribution in [0, 0.1) is 17.0 Å². The molecular weight excluding hydrogens is 324 g/mol. The zero-order valence-corrected chi connectivity index (χ0v) is 14.1. The highest BCUT2D eigenvalue weighted by Gasteiger charge is 2.10. The molecule has 0 unspecified atom stereocenters. The fraction of sp³-hybridized carbons (Fsp3) is 0.167. The van der Waals surface area contributed by atoms with Crippen LogP contribution in [-0.2, 0) is 4.79 Å². The lowest BCUT2D eigenvalue weighted by Crippen LogP contribution is -2.09. The summed E-state index contributed by atoms with van der Waals surface area (Å²) in [5.41, 5.74) is 1.81. The van der Waals surface area contributed by atoms with E-state index in [-0.39, 0.29) is 5.69 Å². The maximum atomic E-state index is 12.1. The molecule has 0 aromatic heterocycles. The zero-order valence-electron chi connectivity index (χ0n) is 14.1. The number of nitrogens with zero attached hydrogens (tertiary/aromatic N) is 1. The molecule has 0 heterocycles. The summed E-state index contributed by atoms with van der Waals surface area (Å²) in [5, 5.41) is 13.5. The van der Waals surface area contributed by atoms with Gasteiger partial charge in [-0.05, 0) is 36.3 Å². The van der Waals surface area contributed by atoms with Gasteiger partial charge in [0.25, 0.3) is 5.69 Å². The van der Waals surface area contributed by atoms with E-state index < -0.39 is 10.8 Å². The van der Waals surface area contributed by atoms with Crippen LogP contribution >= 0.6 is 0 Å². The van der Waals surface area contributed by atoms with Crippen LogP contribution in [0.25, 0.3) is 6.08 Å². The molecule has 7 nitrogen and oxygen atoms in total. The Morgan fingerprint density at radius 3 is 2.48 bits per heavy atom. The van der Waals surface area contributed by atoms with Crippen molar-refractivity contribution in [1.82, 2.24) is 0 Å². The largest absolute Gasteiger partial charge is 0.493 e. The highest BCUT2D eigenvalue weighted by Crippen LogP contribution is 2.28. The number of hydrogen-bond acceptors (Lipinski definition) is 5. The Kier molecular flexibility index (Phi) is 5.73. The summed E-state index contributed by atoms with van der Waals surface area (Å²) in [5.74, 6) is 0.759. The lowest BCUT2D eigenvalue weighted by molar-refractivity contribution is -0.384. The van der Waals surface area contributed by atoms with Gasteiger partial charge in [-0.2, -0.15) is 0 Å². The third kappa shape index (κ3) is 4.57. The molecule has 0 aliphatic rings. The number of non-ortho nitro benzene ring substituents is 1. The van der Waals surface area contributed by atoms with Gasteiger partial charge in [0, 0.05) is 18.2 Å². The minimum absolute atomic E-state index is 0.0789. The monoisotopic (exact) mass is 342 g/mol. The molecule has 2 aromatic rings. The maximum Gasteiger partial charge on any atom is 0.271 e. The van der Waals surface area contributed by atoms with Gasteiger partial charge in [0.2, 0.25) is 5.91 Å². The fourth-order valence-corrected chi connectivity index (χ4v) is 2.16. The van der Waals surface area contributed by atoms with E-state index >= 15 is 0 Å². The van der Waals surface area contributed by atoms with E-state index in [1.165, 1.54) is 25.3 Å². The van der Waals surface area contributed by atoms with Crippen LogP contribution in [0.4, 0.5) is 11.4 Å². The van der Waals surface area contributed by atoms with Crippen molar-refractivity contribution < 1.29 is 19.2 Å². The summed E-state index contributed by atoms with van der Waals surface area (Å²) in [6.07, 6.45) is 2.96. The minimum atomic E-state index is -0.505. The van der Waals surface area contributed by atoms with Crippen molar-refractivity contribution in [2.45, 2.75) is 6.92 Å². The summed E-state index contributed by atoms with van der Waals surface area (Å²) < 4.78 is 10.4. The first-order valence-corrected chi connectivity index (χ1v) is 7.40. The lowest BCUT2D eigenvalue weighted by atomic mass is 10.1. The number of amides is 1. The molecule has 0 atom stereocenters. The number of hydrogen-bond donors (Lipinski definition) is 1. The topological polar surface area (TPSA) is 90.7 Å². The van der Waals surface area contributed by atoms with Gasteiger partial charge in [-0.15, -0.1) is 0 Å². The first kappa shape index (κ1) is 18.0. The molecule has 130 valence electrons. The number of anilines is 1. The molecule has 0 aliphatic carbocycles. The number of nitro benzene ring substituents is 1. The molecule has 0 aliphatic heterocycles. The first-order valence-electron chi connectivity index (χ1n) is 7.40. The molecule has 0 saturated heterocycles. The maximum absolute atomic E-state index is 12.1. The molecular formula is C18H18N2O5. The standard InChI is InChI=1S/C18H18N2O5/c1-12-4-7-14(20(22)23)11-15(12)19-18(21)9-6-13-5-8-16(24-2)17(10-13)25-3/h4-11H,1-3H3,(H,19,21). The quantitative estimate of drug-likeness (QED) is 0.492. The van der Waals surface area contributed by atoms with Crippen molar-refractivity contribution in [3.05, 3.63) is 63.7 Å². The fourth-order valence-electron chi connectivity index (χ4n) is 2.16. The van der Waals surface area contributed by atoms with Crippen LogP contribution in [0.3, 0.4) is 0 Å². The Labute approximate surface area is 145 Å². The minimum Gasteiger partial charge on any atom is -0.493 e. The predicted molar refractivity (Wildman–Crippen MR) is 95.0 cm³/mol. The number of nitrogens with one attached hydrogen (secondary N) is 1. The molecule has 7 heteroatoms. The Hall–Kier alpha value is -3.35. The van der Waals surface area contributed by atoms with Crippen LogP contribution in [0.15, 0.2) is 42.5 Å². The van der Waals surface area contributed by atoms with Crippen molar-refractivity contribution in [3.63, 3.8) is 0 Å². The molecule has 2 rings (SSSR count). The van der Waals surface area contributed by atoms with E-state index in [4.69, 9.17) is 9.47 Å². The van der Waals surface area contributed by atoms with Crippen LogP contribution < -0.4 is 14.8 Å². The highest BCUT2D eigenvalue weighted by atomic mass is 16.6. The van der Waals surface area contributed by atoms with Gasteiger partial charge in [0.15, 0.2) is 11.5 Å². The molecule has 25 heavy (non-hydrogen) atoms. The summed E-state index contributed by atoms with van der Waals surface area (Å²) in [6.45, 7) is 1.76. The Bertz CT molecular complexity index is 830. The van der Waals surface area contributed by atoms with Crippen molar-refractivity contribution in [1.29, 1.82) is 0 Å². The van der Waals surface area contributed by atoms with Crippen molar-refractivity contribution in [2.75, 3.05) is 19.5 Å². The van der Waals surface area contributed by atoms with E-state index in [9.17, 15) is 14.9 Å². The van der Waals surface area contributed by atoms with E-state index in [2.05, 4.69) is 5.32 Å². The first-order chi connectivity index (χ1) is 11.9. The Morgan fingerprint density at radius 2 is 1.84 bits per heavy atom. The molecule has 1 amide bonds. The number of aryl methyl sites for hydroxylation is 1. The van der Waals surface area contributed by atoms with E-state index in [0.717, 1.165) is 11.1 Å². The number of rotatable bonds is 6. The third-order valence-electron chi connectivity index (χ3n) is 3.52. The molecule has 0 saturated carbocycles. The molecule has 0 bridgehead atoms. The average Bonchev–Trinajstić information content (AvgIpc) is 2.61. The van der Waals surface area contributed by atoms with Gasteiger partial charge in [-0.25, -0.2) is 0 Å². The summed E-state index contributed by atoms with van der Waals surface area (Å²) >= 11 is 0. The van der Waals surface area contributed by atoms with E-state index in [0.29, 0.717) is 17.2 Å². The van der Waals surface area contributed by atoms with Crippen molar-refractivity contribution >= 4 is 23.4 Å². The van der Waals surface area contributed by atoms with Crippen LogP contribution in [0.5, 0.6) is 11.5 Å². The average molecular weight is 342 g/mol. The van der Waals surface area contributed by atoms with Crippen molar-refractivity contribution in [2.24, 2.45) is 0 Å². The van der Waals surface area contributed by atoms with Crippen LogP contribution in [0.2, 0.25) is 0 Å². The predicted octanol–water partition coefficient (Wildman–Crippen LogP) is 3.57. The number of carbonyl (C=O) groups is 1. The van der Waals surface area contributed by atoms with E-state index in [1.807, 2.05) is 0 Å². The number of methoxy groups -OCH3 is 2. The third-order valence-corrected chi connectivity index (χ3v) is 3.52. The number of carbonyl (C=O) groups excluding carboxylic acids is 1. The molecule has 1 N–H and O–H groups in total. The smallest absolute Gasteiger partial charge is 0.271 e. The van der Waals surface area contributed by atoms with Gasteiger partial charge in [-0.1, -0.05) is 12.1 Å². The summed E-state index contributed by atoms with van der Waals surface area (Å²) in [7, 11) is 3.07. The second kappa shape index (κ2) is 7.96. The van der Waals surface area contributed by atoms with Gasteiger partial charge in [-0.3, -0.25) is 14.9 Å². The molecule has 0 radical (unpaired) electrons.